The van der Waals surface area contributed by atoms with E-state index in [0.717, 1.165) is 36.1 Å². The Balaban J connectivity index is 0.00000120. The third-order valence-corrected chi connectivity index (χ3v) is 5.04. The molecule has 2 aromatic carbocycles. The van der Waals surface area contributed by atoms with Crippen LogP contribution >= 0.6 is 0 Å². The van der Waals surface area contributed by atoms with E-state index in [1.165, 1.54) is 5.56 Å². The number of carbonyl (C=O) groups excluding carboxylic acids is 2. The van der Waals surface area contributed by atoms with Gasteiger partial charge in [0.25, 0.3) is 0 Å². The van der Waals surface area contributed by atoms with Gasteiger partial charge in [0.1, 0.15) is 6.42 Å². The number of hydrogen-bond donors (Lipinski definition) is 2. The Bertz CT molecular complexity index is 1070. The first-order valence-electron chi connectivity index (χ1n) is 8.82. The molecule has 8 nitrogen and oxygen atoms in total. The van der Waals surface area contributed by atoms with Crippen molar-refractivity contribution in [3.8, 4) is 11.4 Å². The molecule has 3 aromatic rings. The largest absolute Gasteiger partial charge is 1.00 e. The van der Waals surface area contributed by atoms with Crippen molar-refractivity contribution in [3.63, 3.8) is 0 Å². The van der Waals surface area contributed by atoms with Gasteiger partial charge in [-0.2, -0.15) is 5.21 Å². The van der Waals surface area contributed by atoms with Gasteiger partial charge in [-0.3, -0.25) is 14.5 Å². The van der Waals surface area contributed by atoms with Crippen molar-refractivity contribution in [1.29, 1.82) is 0 Å². The van der Waals surface area contributed by atoms with E-state index >= 15 is 0 Å². The number of tetrazole rings is 1. The van der Waals surface area contributed by atoms with Crippen molar-refractivity contribution in [2.45, 2.75) is 25.7 Å². The van der Waals surface area contributed by atoms with Gasteiger partial charge in [-0.25, -0.2) is 0 Å². The monoisotopic (exact) mass is 384 g/mol. The zero-order chi connectivity index (χ0) is 18.4. The molecule has 2 amide bonds. The molecule has 1 aromatic heterocycles. The van der Waals surface area contributed by atoms with E-state index in [2.05, 4.69) is 32.0 Å². The number of carbonyl (C=O) groups is 2. The first-order valence-corrected chi connectivity index (χ1v) is 8.82. The Morgan fingerprint density at radius 3 is 2.82 bits per heavy atom. The summed E-state index contributed by atoms with van der Waals surface area (Å²) in [6, 6.07) is 11.3. The van der Waals surface area contributed by atoms with E-state index in [4.69, 9.17) is 0 Å². The molecule has 28 heavy (non-hydrogen) atoms. The molecule has 9 heteroatoms. The van der Waals surface area contributed by atoms with E-state index in [9.17, 15) is 9.59 Å². The fraction of sp³-hybridized carbons (Fsp3) is 0.211. The van der Waals surface area contributed by atoms with Crippen LogP contribution in [0, 0.1) is 0 Å². The molecular weight excluding hydrogens is 367 g/mol. The van der Waals surface area contributed by atoms with Crippen LogP contribution in [0.2, 0.25) is 0 Å². The van der Waals surface area contributed by atoms with Crippen LogP contribution < -0.4 is 39.8 Å². The number of H-pyrrole nitrogens is 1. The summed E-state index contributed by atoms with van der Waals surface area (Å²) in [4.78, 5) is 26.8. The molecule has 0 bridgehead atoms. The summed E-state index contributed by atoms with van der Waals surface area (Å²) in [5.74, 6) is -0.102. The van der Waals surface area contributed by atoms with Gasteiger partial charge in [0, 0.05) is 11.3 Å². The summed E-state index contributed by atoms with van der Waals surface area (Å²) in [5.41, 5.74) is 5.24. The van der Waals surface area contributed by atoms with Crippen LogP contribution in [0.25, 0.3) is 11.4 Å². The normalized spacial score (nSPS) is 15.4. The first kappa shape index (κ1) is 18.8. The van der Waals surface area contributed by atoms with Gasteiger partial charge in [-0.05, 0) is 53.8 Å². The molecule has 0 saturated carbocycles. The summed E-state index contributed by atoms with van der Waals surface area (Å²) in [6.45, 7) is 0. The van der Waals surface area contributed by atoms with Crippen LogP contribution in [0.5, 0.6) is 0 Å². The maximum atomic E-state index is 12.9. The quantitative estimate of drug-likeness (QED) is 0.457. The average molecular weight is 384 g/mol. The number of aryl methyl sites for hydroxylation is 1. The molecule has 0 radical (unpaired) electrons. The Morgan fingerprint density at radius 1 is 1.11 bits per heavy atom. The average Bonchev–Trinajstić information content (AvgIpc) is 3.33. The second-order valence-electron chi connectivity index (χ2n) is 6.69. The molecule has 136 valence electrons. The molecule has 0 saturated heterocycles. The summed E-state index contributed by atoms with van der Waals surface area (Å²) in [6.07, 6.45) is 2.77. The Hall–Kier alpha value is -2.55. The van der Waals surface area contributed by atoms with Crippen molar-refractivity contribution < 1.29 is 40.6 Å². The third-order valence-electron chi connectivity index (χ3n) is 5.04. The van der Waals surface area contributed by atoms with Crippen LogP contribution in [-0.2, 0) is 22.4 Å². The number of rotatable bonds is 2. The number of amides is 2. The first-order chi connectivity index (χ1) is 13.2. The van der Waals surface area contributed by atoms with Crippen LogP contribution in [0.1, 0.15) is 25.4 Å². The van der Waals surface area contributed by atoms with Gasteiger partial charge in [0.05, 0.1) is 11.4 Å². The number of anilines is 3. The van der Waals surface area contributed by atoms with E-state index < -0.39 is 0 Å². The molecule has 2 aliphatic rings. The van der Waals surface area contributed by atoms with Crippen LogP contribution in [0.15, 0.2) is 36.4 Å². The predicted octanol–water partition coefficient (Wildman–Crippen LogP) is -0.521. The fourth-order valence-corrected chi connectivity index (χ4v) is 3.87. The van der Waals surface area contributed by atoms with Crippen LogP contribution in [0.3, 0.4) is 0 Å². The Labute approximate surface area is 184 Å². The minimum Gasteiger partial charge on any atom is -1.00 e. The standard InChI is InChI=1S/C19H16N6O2.Na.H/c26-16-10-17(27)25(13-5-1-4-12(9-13)19-21-23-24-22-19)15-8-7-11-3-2-6-14(11)18(15)20-16;;/h1,4-5,7-9H,2-3,6,10H2,(H,20,26)(H,21,22,23,24);;/q;+1;-1. The Kier molecular flexibility index (Phi) is 5.01. The van der Waals surface area contributed by atoms with Crippen LogP contribution in [-0.4, -0.2) is 32.4 Å². The van der Waals surface area contributed by atoms with E-state index in [1.807, 2.05) is 30.3 Å². The molecule has 2 heterocycles. The SMILES string of the molecule is O=C1CC(=O)N(c2cccc(-c3nn[nH]n3)c2)c2ccc3c(c2N1)CCC3.[H-].[Na+]. The minimum absolute atomic E-state index is 0. The van der Waals surface area contributed by atoms with E-state index in [-0.39, 0.29) is 49.2 Å². The predicted molar refractivity (Wildman–Crippen MR) is 99.6 cm³/mol. The molecule has 0 unspecified atom stereocenters. The number of hydrogen-bond acceptors (Lipinski definition) is 5. The molecule has 5 rings (SSSR count). The smallest absolute Gasteiger partial charge is 1.00 e. The van der Waals surface area contributed by atoms with Crippen molar-refractivity contribution in [2.24, 2.45) is 0 Å². The number of aromatic amines is 1. The van der Waals surface area contributed by atoms with Gasteiger partial charge in [-0.1, -0.05) is 18.2 Å². The minimum atomic E-state index is -0.279. The number of benzene rings is 2. The molecule has 0 spiro atoms. The topological polar surface area (TPSA) is 104 Å². The summed E-state index contributed by atoms with van der Waals surface area (Å²) < 4.78 is 0. The Morgan fingerprint density at radius 2 is 2.00 bits per heavy atom. The number of nitrogens with zero attached hydrogens (tertiary/aromatic N) is 4. The summed E-state index contributed by atoms with van der Waals surface area (Å²) in [7, 11) is 0. The second kappa shape index (κ2) is 7.46. The van der Waals surface area contributed by atoms with Crippen molar-refractivity contribution in [1.82, 2.24) is 20.6 Å². The van der Waals surface area contributed by atoms with Gasteiger partial charge >= 0.3 is 29.6 Å². The summed E-state index contributed by atoms with van der Waals surface area (Å²) >= 11 is 0. The third kappa shape index (κ3) is 3.13. The molecule has 1 aliphatic carbocycles. The van der Waals surface area contributed by atoms with Crippen molar-refractivity contribution in [3.05, 3.63) is 47.5 Å². The molecule has 2 N–H and O–H groups in total. The van der Waals surface area contributed by atoms with Gasteiger partial charge < -0.3 is 6.74 Å². The zero-order valence-electron chi connectivity index (χ0n) is 16.4. The number of aromatic nitrogens is 4. The van der Waals surface area contributed by atoms with Crippen LogP contribution in [0.4, 0.5) is 17.1 Å². The maximum Gasteiger partial charge on any atom is 1.00 e. The van der Waals surface area contributed by atoms with Gasteiger partial charge in [0.2, 0.25) is 17.6 Å². The van der Waals surface area contributed by atoms with Gasteiger partial charge in [0.15, 0.2) is 0 Å². The van der Waals surface area contributed by atoms with E-state index in [1.54, 1.807) is 4.90 Å². The second-order valence-corrected chi connectivity index (χ2v) is 6.69. The molecule has 0 atom stereocenters. The molecule has 1 aliphatic heterocycles. The van der Waals surface area contributed by atoms with E-state index in [0.29, 0.717) is 17.2 Å². The fourth-order valence-electron chi connectivity index (χ4n) is 3.87. The summed E-state index contributed by atoms with van der Waals surface area (Å²) in [5, 5.41) is 17.0. The maximum absolute atomic E-state index is 12.9. The van der Waals surface area contributed by atoms with Gasteiger partial charge in [-0.15, -0.1) is 10.2 Å². The number of nitrogens with one attached hydrogen (secondary N) is 2. The van der Waals surface area contributed by atoms with Crippen molar-refractivity contribution >= 4 is 28.9 Å². The number of fused-ring (bicyclic) bond motifs is 3. The van der Waals surface area contributed by atoms with Crippen molar-refractivity contribution in [2.75, 3.05) is 10.2 Å². The molecular formula is C19H17N6NaO2. The molecule has 0 fully saturated rings. The zero-order valence-corrected chi connectivity index (χ0v) is 17.4.